The molecule has 2 unspecified atom stereocenters. The molecule has 2 atom stereocenters. The summed E-state index contributed by atoms with van der Waals surface area (Å²) in [5.41, 5.74) is 15.6. The number of aryl methyl sites for hydroxylation is 7. The first kappa shape index (κ1) is 98.3. The fraction of sp³-hybridized carbons (Fsp3) is 0.375. The summed E-state index contributed by atoms with van der Waals surface area (Å²) < 4.78 is 76.5. The van der Waals surface area contributed by atoms with Gasteiger partial charge >= 0.3 is 0 Å². The van der Waals surface area contributed by atoms with Crippen molar-refractivity contribution in [2.75, 3.05) is 116 Å². The van der Waals surface area contributed by atoms with Crippen LogP contribution in [-0.2, 0) is 64.2 Å². The van der Waals surface area contributed by atoms with Gasteiger partial charge in [-0.15, -0.1) is 0 Å². The Morgan fingerprint density at radius 1 is 0.378 bits per heavy atom. The van der Waals surface area contributed by atoms with Gasteiger partial charge in [0.2, 0.25) is 0 Å². The summed E-state index contributed by atoms with van der Waals surface area (Å²) in [4.78, 5) is 34.8. The molecule has 0 bridgehead atoms. The fourth-order valence-corrected chi connectivity index (χ4v) is 18.9. The number of nitrogens with zero attached hydrogens (tertiary/aromatic N) is 10. The van der Waals surface area contributed by atoms with Gasteiger partial charge in [-0.3, -0.25) is 25.0 Å². The molecule has 5 aliphatic rings. The van der Waals surface area contributed by atoms with Gasteiger partial charge in [-0.2, -0.15) is 0 Å². The predicted octanol–water partition coefficient (Wildman–Crippen LogP) is 23.6. The quantitative estimate of drug-likeness (QED) is 0.0448. The summed E-state index contributed by atoms with van der Waals surface area (Å²) in [5, 5.41) is 0. The SMILES string of the molecule is CCC1CN=C(c2ccccc2CCc2cc(Br)ccc2OC)N1C.CCCCN1CCN=C1c1cccc(F)c1CCc1cc(Br)ccc1OC.COc1ccc(Br)cc1CCc1c(F)cccc1C1=NCCN1C.COc1ccc(Br)cc1CCc1c(F)cccc1C1=NCCN1C(C)(C)C.COc1ccc(Br)cc1CCc1ccccc1C1=NC(C)CN1C. The maximum absolute atomic E-state index is 14.8. The molecular weight excluding hydrogens is 1930 g/mol. The third kappa shape index (κ3) is 26.3. The lowest BCUT2D eigenvalue weighted by Crippen LogP contribution is -2.44. The van der Waals surface area contributed by atoms with Crippen LogP contribution in [0.1, 0.15) is 144 Å². The molecule has 672 valence electrons. The van der Waals surface area contributed by atoms with Crippen molar-refractivity contribution in [3.8, 4) is 28.7 Å². The molecule has 10 aromatic rings. The summed E-state index contributed by atoms with van der Waals surface area (Å²) in [5.74, 6) is 8.82. The Morgan fingerprint density at radius 2 is 0.732 bits per heavy atom. The first-order valence-corrected chi connectivity index (χ1v) is 47.8. The number of likely N-dealkylation sites (N-methyl/N-ethyl adjacent to an activating group) is 3. The van der Waals surface area contributed by atoms with Crippen LogP contribution in [0.15, 0.2) is 241 Å². The van der Waals surface area contributed by atoms with Gasteiger partial charge < -0.3 is 48.2 Å². The van der Waals surface area contributed by atoms with Gasteiger partial charge in [-0.25, -0.2) is 13.2 Å². The van der Waals surface area contributed by atoms with E-state index in [0.29, 0.717) is 56.2 Å². The summed E-state index contributed by atoms with van der Waals surface area (Å²) in [6.07, 6.45) is 11.1. The van der Waals surface area contributed by atoms with E-state index in [-0.39, 0.29) is 23.0 Å². The van der Waals surface area contributed by atoms with Gasteiger partial charge in [0.05, 0.1) is 67.8 Å². The van der Waals surface area contributed by atoms with E-state index >= 15 is 0 Å². The van der Waals surface area contributed by atoms with Crippen molar-refractivity contribution in [2.24, 2.45) is 25.0 Å². The average Bonchev–Trinajstić information content (AvgIpc) is 1.70. The zero-order valence-corrected chi connectivity index (χ0v) is 83.7. The molecular formula is C104H120Br5F3N10O5. The Labute approximate surface area is 793 Å². The zero-order chi connectivity index (χ0) is 90.8. The molecule has 23 heteroatoms. The third-order valence-corrected chi connectivity index (χ3v) is 26.0. The standard InChI is InChI=1S/2C22H26BrFN2O.C21H25BrN2O.C20H23BrN2O.C19H20BrFN2O/c1-22(2,3)26-13-12-25-21(26)18-6-5-7-19(24)17(18)10-8-15-14-16(23)9-11-20(15)27-4;1-3-4-13-26-14-12-25-22(26)19-6-5-7-20(24)18(19)10-8-16-15-17(23)9-11-21(16)27-2;1-4-18-14-23-21(24(18)2)19-8-6-5-7-15(19)9-10-16-13-17(22)11-12-20(16)25-3;1-14-13-23(2)20(22-14)18-7-5-4-6-15(18)8-9-16-12-17(21)10-11-19(16)24-3;1-23-11-10-22-19(23)16-4-3-5-17(21)15(16)8-6-13-12-14(20)7-9-18(13)24-2/h5-7,9,11,14H,8,10,12-13H2,1-4H3;5-7,9,11,15H,3-4,8,10,12-14H2,1-2H3;5-8,11-13,18H,4,9-10,14H2,1-3H3;4-7,10-12,14H,8-9,13H2,1-3H3;3-5,7,9,12H,6,8,10-11H2,1-2H3. The lowest BCUT2D eigenvalue weighted by Gasteiger charge is -2.35. The molecule has 15 rings (SSSR count). The molecule has 10 aromatic carbocycles. The molecule has 0 aliphatic carbocycles. The molecule has 5 heterocycles. The van der Waals surface area contributed by atoms with Gasteiger partial charge in [-0.05, 0) is 270 Å². The Balaban J connectivity index is 0.000000154. The molecule has 0 saturated heterocycles. The summed E-state index contributed by atoms with van der Waals surface area (Å²) in [6.45, 7) is 20.9. The average molecular weight is 2050 g/mol. The van der Waals surface area contributed by atoms with Crippen LogP contribution in [0, 0.1) is 17.5 Å². The Morgan fingerprint density at radius 3 is 1.10 bits per heavy atom. The molecule has 0 aromatic heterocycles. The van der Waals surface area contributed by atoms with Gasteiger partial charge in [0.1, 0.15) is 75.4 Å². The number of methoxy groups -OCH3 is 5. The Kier molecular flexibility index (Phi) is 37.1. The van der Waals surface area contributed by atoms with Crippen molar-refractivity contribution in [3.05, 3.63) is 317 Å². The van der Waals surface area contributed by atoms with E-state index in [1.54, 1.807) is 59.8 Å². The van der Waals surface area contributed by atoms with Crippen LogP contribution in [0.5, 0.6) is 28.7 Å². The molecule has 0 spiro atoms. The van der Waals surface area contributed by atoms with Crippen molar-refractivity contribution < 1.29 is 36.9 Å². The van der Waals surface area contributed by atoms with Crippen molar-refractivity contribution in [2.45, 2.75) is 143 Å². The van der Waals surface area contributed by atoms with Crippen LogP contribution in [-0.4, -0.2) is 187 Å². The predicted molar refractivity (Wildman–Crippen MR) is 534 cm³/mol. The number of hydrogen-bond donors (Lipinski definition) is 0. The lowest BCUT2D eigenvalue weighted by molar-refractivity contribution is 0.257. The minimum Gasteiger partial charge on any atom is -0.496 e. The molecule has 0 amide bonds. The molecule has 15 nitrogen and oxygen atoms in total. The summed E-state index contributed by atoms with van der Waals surface area (Å²) >= 11 is 17.6. The highest BCUT2D eigenvalue weighted by Crippen LogP contribution is 2.35. The van der Waals surface area contributed by atoms with Gasteiger partial charge in [-0.1, -0.05) is 185 Å². The Bertz CT molecular complexity index is 5540. The van der Waals surface area contributed by atoms with Crippen molar-refractivity contribution in [3.63, 3.8) is 0 Å². The van der Waals surface area contributed by atoms with E-state index in [4.69, 9.17) is 38.7 Å². The highest BCUT2D eigenvalue weighted by atomic mass is 79.9. The number of aliphatic imine (C=N–C) groups is 5. The largest absolute Gasteiger partial charge is 0.496 e. The maximum atomic E-state index is 14.8. The topological polar surface area (TPSA) is 124 Å². The molecule has 0 radical (unpaired) electrons. The minimum absolute atomic E-state index is 0.0492. The summed E-state index contributed by atoms with van der Waals surface area (Å²) in [6, 6.07) is 64.1. The second-order valence-electron chi connectivity index (χ2n) is 33.1. The third-order valence-electron chi connectivity index (χ3n) is 23.5. The molecule has 127 heavy (non-hydrogen) atoms. The second kappa shape index (κ2) is 47.9. The van der Waals surface area contributed by atoms with Crippen LogP contribution in [0.4, 0.5) is 13.2 Å². The van der Waals surface area contributed by atoms with E-state index < -0.39 is 0 Å². The number of ether oxygens (including phenoxy) is 5. The van der Waals surface area contributed by atoms with Crippen LogP contribution < -0.4 is 23.7 Å². The molecule has 0 N–H and O–H groups in total. The number of halogens is 8. The van der Waals surface area contributed by atoms with E-state index in [9.17, 15) is 13.2 Å². The molecule has 0 fully saturated rings. The van der Waals surface area contributed by atoms with Gasteiger partial charge in [0.15, 0.2) is 0 Å². The van der Waals surface area contributed by atoms with Crippen molar-refractivity contribution in [1.29, 1.82) is 0 Å². The van der Waals surface area contributed by atoms with Crippen LogP contribution in [0.2, 0.25) is 0 Å². The normalized spacial score (nSPS) is 15.2. The van der Waals surface area contributed by atoms with E-state index in [0.717, 1.165) is 229 Å². The van der Waals surface area contributed by atoms with Gasteiger partial charge in [0, 0.05) is 116 Å². The maximum Gasteiger partial charge on any atom is 0.131 e. The second-order valence-corrected chi connectivity index (χ2v) is 37.7. The minimum atomic E-state index is -0.176. The van der Waals surface area contributed by atoms with Crippen molar-refractivity contribution >= 4 is 109 Å². The number of benzene rings is 10. The lowest BCUT2D eigenvalue weighted by atomic mass is 9.96. The summed E-state index contributed by atoms with van der Waals surface area (Å²) in [7, 11) is 14.7. The van der Waals surface area contributed by atoms with Crippen molar-refractivity contribution in [1.82, 2.24) is 24.5 Å². The van der Waals surface area contributed by atoms with Crippen LogP contribution in [0.25, 0.3) is 0 Å². The number of unbranched alkanes of at least 4 members (excludes halogenated alkanes) is 1. The first-order valence-electron chi connectivity index (χ1n) is 43.8. The highest BCUT2D eigenvalue weighted by Gasteiger charge is 2.32. The smallest absolute Gasteiger partial charge is 0.131 e. The van der Waals surface area contributed by atoms with Crippen LogP contribution in [0.3, 0.4) is 0 Å². The van der Waals surface area contributed by atoms with E-state index in [1.807, 2.05) is 104 Å². The highest BCUT2D eigenvalue weighted by molar-refractivity contribution is 9.11. The monoisotopic (exact) mass is 2040 g/mol. The number of rotatable bonds is 29. The van der Waals surface area contributed by atoms with E-state index in [1.165, 1.54) is 45.5 Å². The van der Waals surface area contributed by atoms with E-state index in [2.05, 4.69) is 230 Å². The number of hydrogen-bond acceptors (Lipinski definition) is 15. The van der Waals surface area contributed by atoms with Crippen LogP contribution >= 0.6 is 79.6 Å². The first-order chi connectivity index (χ1) is 61.3. The fourth-order valence-electron chi connectivity index (χ4n) is 16.9. The molecule has 0 saturated carbocycles. The Hall–Kier alpha value is -9.26. The zero-order valence-electron chi connectivity index (χ0n) is 75.7. The number of amidine groups is 5. The molecule has 5 aliphatic heterocycles. The van der Waals surface area contributed by atoms with Gasteiger partial charge in [0.25, 0.3) is 0 Å².